The topological polar surface area (TPSA) is 92.5 Å². The summed E-state index contributed by atoms with van der Waals surface area (Å²) in [6.07, 6.45) is 1.70. The van der Waals surface area contributed by atoms with Crippen molar-refractivity contribution in [1.29, 1.82) is 0 Å². The van der Waals surface area contributed by atoms with Gasteiger partial charge in [0.25, 0.3) is 5.91 Å². The number of nitrogens with one attached hydrogen (secondary N) is 1. The fourth-order valence-electron chi connectivity index (χ4n) is 4.15. The summed E-state index contributed by atoms with van der Waals surface area (Å²) in [6, 6.07) is 20.5. The lowest BCUT2D eigenvalue weighted by Crippen LogP contribution is -2.39. The molecular weight excluding hydrogens is 438 g/mol. The normalized spacial score (nSPS) is 15.8. The van der Waals surface area contributed by atoms with Crippen LogP contribution in [0.2, 0.25) is 5.02 Å². The third-order valence-corrected chi connectivity index (χ3v) is 6.04. The number of ketones is 1. The second-order valence-corrected chi connectivity index (χ2v) is 8.50. The van der Waals surface area contributed by atoms with E-state index in [4.69, 9.17) is 17.3 Å². The zero-order valence-electron chi connectivity index (χ0n) is 18.0. The van der Waals surface area contributed by atoms with Gasteiger partial charge in [-0.1, -0.05) is 41.9 Å². The molecule has 1 atom stereocenters. The molecule has 0 aliphatic carbocycles. The quantitative estimate of drug-likeness (QED) is 0.514. The van der Waals surface area contributed by atoms with E-state index >= 15 is 0 Å². The van der Waals surface area contributed by atoms with E-state index in [1.807, 2.05) is 18.2 Å². The van der Waals surface area contributed by atoms with E-state index in [0.29, 0.717) is 28.4 Å². The van der Waals surface area contributed by atoms with Crippen LogP contribution in [0.1, 0.15) is 44.7 Å². The number of nitrogens with two attached hydrogens (primary N) is 1. The molecule has 2 amide bonds. The van der Waals surface area contributed by atoms with Gasteiger partial charge >= 0.3 is 0 Å². The van der Waals surface area contributed by atoms with Gasteiger partial charge in [0.05, 0.1) is 11.6 Å². The monoisotopic (exact) mass is 461 g/mol. The lowest BCUT2D eigenvalue weighted by Gasteiger charge is -2.22. The van der Waals surface area contributed by atoms with Gasteiger partial charge in [-0.15, -0.1) is 0 Å². The Bertz CT molecular complexity index is 1190. The van der Waals surface area contributed by atoms with Crippen molar-refractivity contribution in [2.24, 2.45) is 5.73 Å². The molecule has 0 bridgehead atoms. The van der Waals surface area contributed by atoms with Gasteiger partial charge in [0.15, 0.2) is 5.78 Å². The number of benzene rings is 3. The predicted octanol–water partition coefficient (Wildman–Crippen LogP) is 4.27. The molecule has 3 N–H and O–H groups in total. The Hall–Kier alpha value is -3.48. The third kappa shape index (κ3) is 5.30. The van der Waals surface area contributed by atoms with Crippen molar-refractivity contribution < 1.29 is 14.4 Å². The molecule has 3 aromatic rings. The van der Waals surface area contributed by atoms with Crippen molar-refractivity contribution in [3.8, 4) is 0 Å². The molecule has 168 valence electrons. The van der Waals surface area contributed by atoms with Crippen molar-refractivity contribution >= 4 is 34.9 Å². The average molecular weight is 462 g/mol. The highest BCUT2D eigenvalue weighted by Crippen LogP contribution is 2.22. The van der Waals surface area contributed by atoms with Crippen LogP contribution in [0.4, 0.5) is 5.69 Å². The van der Waals surface area contributed by atoms with E-state index in [-0.39, 0.29) is 29.2 Å². The van der Waals surface area contributed by atoms with Crippen molar-refractivity contribution in [2.75, 3.05) is 11.9 Å². The summed E-state index contributed by atoms with van der Waals surface area (Å²) in [4.78, 5) is 39.8. The lowest BCUT2D eigenvalue weighted by atomic mass is 9.98. The Balaban J connectivity index is 1.51. The maximum atomic E-state index is 13.1. The first-order chi connectivity index (χ1) is 15.9. The molecule has 0 radical (unpaired) electrons. The Morgan fingerprint density at radius 1 is 0.970 bits per heavy atom. The number of hydrogen-bond acceptors (Lipinski definition) is 4. The Labute approximate surface area is 197 Å². The first-order valence-electron chi connectivity index (χ1n) is 10.8. The van der Waals surface area contributed by atoms with Gasteiger partial charge in [0.2, 0.25) is 5.91 Å². The number of nitrogens with zero attached hydrogens (tertiary/aromatic N) is 1. The van der Waals surface area contributed by atoms with Crippen LogP contribution in [-0.4, -0.2) is 35.1 Å². The standard InChI is InChI=1S/C26H24ClN3O3/c27-19-12-10-18(11-13-19)24(31)21-7-1-2-8-22(21)26(33)29-20-6-3-5-17(15-20)16-30-14-4-9-23(30)25(28)32/h1-3,5-8,10-13,15,23H,4,9,14,16H2,(H2,28,32)(H,29,33). The van der Waals surface area contributed by atoms with Gasteiger partial charge < -0.3 is 11.1 Å². The van der Waals surface area contributed by atoms with Crippen LogP contribution in [0.25, 0.3) is 0 Å². The van der Waals surface area contributed by atoms with E-state index in [1.165, 1.54) is 0 Å². The second-order valence-electron chi connectivity index (χ2n) is 8.07. The summed E-state index contributed by atoms with van der Waals surface area (Å²) in [7, 11) is 0. The largest absolute Gasteiger partial charge is 0.368 e. The van der Waals surface area contributed by atoms with Crippen LogP contribution in [0, 0.1) is 0 Å². The summed E-state index contributed by atoms with van der Waals surface area (Å²) in [5.41, 5.74) is 8.15. The molecule has 1 saturated heterocycles. The van der Waals surface area contributed by atoms with Crippen LogP contribution in [0.3, 0.4) is 0 Å². The molecule has 4 rings (SSSR count). The predicted molar refractivity (Wildman–Crippen MR) is 128 cm³/mol. The molecule has 1 fully saturated rings. The van der Waals surface area contributed by atoms with Crippen molar-refractivity contribution in [3.05, 3.63) is 100 Å². The maximum Gasteiger partial charge on any atom is 0.256 e. The van der Waals surface area contributed by atoms with E-state index in [9.17, 15) is 14.4 Å². The first kappa shape index (κ1) is 22.7. The Kier molecular flexibility index (Phi) is 6.87. The summed E-state index contributed by atoms with van der Waals surface area (Å²) < 4.78 is 0. The molecule has 6 nitrogen and oxygen atoms in total. The molecule has 0 saturated carbocycles. The third-order valence-electron chi connectivity index (χ3n) is 5.79. The number of halogens is 1. The van der Waals surface area contributed by atoms with Gasteiger partial charge in [-0.2, -0.15) is 0 Å². The molecule has 1 heterocycles. The lowest BCUT2D eigenvalue weighted by molar-refractivity contribution is -0.122. The number of hydrogen-bond donors (Lipinski definition) is 2. The van der Waals surface area contributed by atoms with Gasteiger partial charge in [-0.25, -0.2) is 0 Å². The molecule has 0 spiro atoms. The number of amides is 2. The fraction of sp³-hybridized carbons (Fsp3) is 0.192. The van der Waals surface area contributed by atoms with Gasteiger partial charge in [-0.05, 0) is 67.4 Å². The summed E-state index contributed by atoms with van der Waals surface area (Å²) in [5.74, 6) is -0.933. The minimum absolute atomic E-state index is 0.252. The van der Waals surface area contributed by atoms with Crippen molar-refractivity contribution in [2.45, 2.75) is 25.4 Å². The molecule has 1 aliphatic heterocycles. The van der Waals surface area contributed by atoms with Crippen LogP contribution < -0.4 is 11.1 Å². The van der Waals surface area contributed by atoms with Crippen LogP contribution >= 0.6 is 11.6 Å². The zero-order valence-corrected chi connectivity index (χ0v) is 18.7. The number of carbonyl (C=O) groups is 3. The molecule has 1 unspecified atom stereocenters. The fourth-order valence-corrected chi connectivity index (χ4v) is 4.28. The van der Waals surface area contributed by atoms with E-state index < -0.39 is 0 Å². The van der Waals surface area contributed by atoms with E-state index in [2.05, 4.69) is 10.2 Å². The second kappa shape index (κ2) is 9.98. The smallest absolute Gasteiger partial charge is 0.256 e. The number of carbonyl (C=O) groups excluding carboxylic acids is 3. The highest BCUT2D eigenvalue weighted by atomic mass is 35.5. The van der Waals surface area contributed by atoms with Gasteiger partial charge in [0, 0.05) is 28.4 Å². The molecule has 7 heteroatoms. The van der Waals surface area contributed by atoms with Crippen LogP contribution in [-0.2, 0) is 11.3 Å². The highest BCUT2D eigenvalue weighted by molar-refractivity contribution is 6.30. The minimum Gasteiger partial charge on any atom is -0.368 e. The van der Waals surface area contributed by atoms with Crippen molar-refractivity contribution in [3.63, 3.8) is 0 Å². The van der Waals surface area contributed by atoms with E-state index in [0.717, 1.165) is 24.9 Å². The number of likely N-dealkylation sites (tertiary alicyclic amines) is 1. The van der Waals surface area contributed by atoms with E-state index in [1.54, 1.807) is 54.6 Å². The van der Waals surface area contributed by atoms with Crippen LogP contribution in [0.5, 0.6) is 0 Å². The SMILES string of the molecule is NC(=O)C1CCCN1Cc1cccc(NC(=O)c2ccccc2C(=O)c2ccc(Cl)cc2)c1. The van der Waals surface area contributed by atoms with Gasteiger partial charge in [0.1, 0.15) is 0 Å². The number of rotatable bonds is 7. The maximum absolute atomic E-state index is 13.1. The molecule has 0 aromatic heterocycles. The summed E-state index contributed by atoms with van der Waals surface area (Å²) >= 11 is 5.92. The highest BCUT2D eigenvalue weighted by Gasteiger charge is 2.28. The van der Waals surface area contributed by atoms with Gasteiger partial charge in [-0.3, -0.25) is 19.3 Å². The number of primary amides is 1. The molecular formula is C26H24ClN3O3. The Morgan fingerprint density at radius 3 is 2.42 bits per heavy atom. The van der Waals surface area contributed by atoms with Crippen molar-refractivity contribution in [1.82, 2.24) is 4.90 Å². The Morgan fingerprint density at radius 2 is 1.70 bits per heavy atom. The minimum atomic E-state index is -0.374. The molecule has 33 heavy (non-hydrogen) atoms. The zero-order chi connectivity index (χ0) is 23.4. The summed E-state index contributed by atoms with van der Waals surface area (Å²) in [6.45, 7) is 1.38. The van der Waals surface area contributed by atoms with Crippen LogP contribution in [0.15, 0.2) is 72.8 Å². The summed E-state index contributed by atoms with van der Waals surface area (Å²) in [5, 5.41) is 3.43. The molecule has 3 aromatic carbocycles. The molecule has 1 aliphatic rings. The average Bonchev–Trinajstić information content (AvgIpc) is 3.28. The first-order valence-corrected chi connectivity index (χ1v) is 11.1. The number of anilines is 1.